The van der Waals surface area contributed by atoms with Crippen LogP contribution in [0, 0.1) is 0 Å². The lowest BCUT2D eigenvalue weighted by Gasteiger charge is -2.30. The largest absolute Gasteiger partial charge is 0.465 e. The summed E-state index contributed by atoms with van der Waals surface area (Å²) >= 11 is 13.2. The van der Waals surface area contributed by atoms with Gasteiger partial charge in [0.05, 0.1) is 6.61 Å². The van der Waals surface area contributed by atoms with Crippen LogP contribution in [0.25, 0.3) is 0 Å². The van der Waals surface area contributed by atoms with Crippen LogP contribution in [0.15, 0.2) is 36.4 Å². The minimum Gasteiger partial charge on any atom is -0.465 e. The second-order valence-corrected chi connectivity index (χ2v) is 6.94. The number of rotatable bonds is 5. The molecule has 1 unspecified atom stereocenters. The Morgan fingerprint density at radius 1 is 1.20 bits per heavy atom. The molecule has 0 heterocycles. The molecule has 2 aromatic carbocycles. The van der Waals surface area contributed by atoms with Gasteiger partial charge >= 0.3 is 5.97 Å². The van der Waals surface area contributed by atoms with Gasteiger partial charge in [0.25, 0.3) is 0 Å². The maximum Gasteiger partial charge on any atom is 0.321 e. The van der Waals surface area contributed by atoms with Gasteiger partial charge in [-0.15, -0.1) is 0 Å². The number of halogens is 2. The first-order valence-electron chi connectivity index (χ1n) is 8.53. The molecule has 0 radical (unpaired) electrons. The van der Waals surface area contributed by atoms with E-state index < -0.39 is 5.41 Å². The van der Waals surface area contributed by atoms with Crippen LogP contribution in [-0.2, 0) is 21.4 Å². The highest BCUT2D eigenvalue weighted by Crippen LogP contribution is 2.50. The molecule has 3 rings (SSSR count). The van der Waals surface area contributed by atoms with Crippen LogP contribution in [0.5, 0.6) is 0 Å². The van der Waals surface area contributed by atoms with E-state index in [9.17, 15) is 4.79 Å². The van der Waals surface area contributed by atoms with Gasteiger partial charge in [-0.2, -0.15) is 0 Å². The van der Waals surface area contributed by atoms with E-state index in [2.05, 4.69) is 5.32 Å². The molecule has 25 heavy (non-hydrogen) atoms. The van der Waals surface area contributed by atoms with Crippen molar-refractivity contribution in [1.82, 2.24) is 0 Å². The molecule has 132 valence electrons. The Morgan fingerprint density at radius 2 is 1.88 bits per heavy atom. The molecular weight excluding hydrogens is 357 g/mol. The van der Waals surface area contributed by atoms with Crippen molar-refractivity contribution in [3.63, 3.8) is 0 Å². The van der Waals surface area contributed by atoms with Crippen LogP contribution in [0.2, 0.25) is 10.0 Å². The number of benzene rings is 2. The average Bonchev–Trinajstić information content (AvgIpc) is 2.95. The van der Waals surface area contributed by atoms with E-state index in [0.717, 1.165) is 29.8 Å². The van der Waals surface area contributed by atoms with E-state index in [1.54, 1.807) is 0 Å². The first kappa shape index (κ1) is 18.1. The Kier molecular flexibility index (Phi) is 5.26. The van der Waals surface area contributed by atoms with Crippen molar-refractivity contribution in [1.29, 1.82) is 0 Å². The SMILES string of the molecule is CCNc1cc(Cl)c(C2(C(=O)OCC)CCc3ccccc32)c(Cl)c1. The maximum absolute atomic E-state index is 13.1. The highest BCUT2D eigenvalue weighted by atomic mass is 35.5. The monoisotopic (exact) mass is 377 g/mol. The molecule has 1 aliphatic rings. The predicted molar refractivity (Wildman–Crippen MR) is 103 cm³/mol. The van der Waals surface area contributed by atoms with E-state index in [-0.39, 0.29) is 5.97 Å². The van der Waals surface area contributed by atoms with Crippen LogP contribution in [0.4, 0.5) is 5.69 Å². The van der Waals surface area contributed by atoms with Crippen molar-refractivity contribution in [3.8, 4) is 0 Å². The second-order valence-electron chi connectivity index (χ2n) is 6.13. The quantitative estimate of drug-likeness (QED) is 0.725. The summed E-state index contributed by atoms with van der Waals surface area (Å²) in [5.74, 6) is -0.292. The van der Waals surface area contributed by atoms with E-state index in [1.165, 1.54) is 0 Å². The van der Waals surface area contributed by atoms with Crippen LogP contribution in [-0.4, -0.2) is 19.1 Å². The molecule has 0 saturated carbocycles. The summed E-state index contributed by atoms with van der Waals surface area (Å²) in [6, 6.07) is 11.6. The number of aryl methyl sites for hydroxylation is 1. The summed E-state index contributed by atoms with van der Waals surface area (Å²) in [5, 5.41) is 4.17. The third-order valence-corrected chi connectivity index (χ3v) is 5.32. The summed E-state index contributed by atoms with van der Waals surface area (Å²) in [6.07, 6.45) is 1.39. The lowest BCUT2D eigenvalue weighted by atomic mass is 9.75. The topological polar surface area (TPSA) is 38.3 Å². The Hall–Kier alpha value is -1.71. The highest BCUT2D eigenvalue weighted by Gasteiger charge is 2.50. The highest BCUT2D eigenvalue weighted by molar-refractivity contribution is 6.37. The number of hydrogen-bond donors (Lipinski definition) is 1. The number of esters is 1. The van der Waals surface area contributed by atoms with E-state index >= 15 is 0 Å². The summed E-state index contributed by atoms with van der Waals surface area (Å²) in [5.41, 5.74) is 2.60. The second kappa shape index (κ2) is 7.27. The molecule has 0 bridgehead atoms. The van der Waals surface area contributed by atoms with Gasteiger partial charge in [-0.05, 0) is 49.9 Å². The van der Waals surface area contributed by atoms with Crippen molar-refractivity contribution in [2.24, 2.45) is 0 Å². The van der Waals surface area contributed by atoms with E-state index in [4.69, 9.17) is 27.9 Å². The molecule has 1 atom stereocenters. The number of ether oxygens (including phenoxy) is 1. The molecule has 1 N–H and O–H groups in total. The number of hydrogen-bond acceptors (Lipinski definition) is 3. The molecule has 0 amide bonds. The first-order valence-corrected chi connectivity index (χ1v) is 9.29. The van der Waals surface area contributed by atoms with Crippen LogP contribution < -0.4 is 5.32 Å². The number of fused-ring (bicyclic) bond motifs is 1. The molecule has 0 aliphatic heterocycles. The normalized spacial score (nSPS) is 18.7. The zero-order chi connectivity index (χ0) is 18.0. The predicted octanol–water partition coefficient (Wildman–Crippen LogP) is 5.22. The zero-order valence-corrected chi connectivity index (χ0v) is 15.9. The lowest BCUT2D eigenvalue weighted by molar-refractivity contribution is -0.148. The molecule has 5 heteroatoms. The molecule has 0 spiro atoms. The van der Waals surface area contributed by atoms with Crippen molar-refractivity contribution in [2.45, 2.75) is 32.1 Å². The molecule has 2 aromatic rings. The van der Waals surface area contributed by atoms with Gasteiger partial charge in [0, 0.05) is 27.8 Å². The number of anilines is 1. The van der Waals surface area contributed by atoms with Gasteiger partial charge in [0.2, 0.25) is 0 Å². The third kappa shape index (κ3) is 3.00. The fourth-order valence-electron chi connectivity index (χ4n) is 3.73. The standard InChI is InChI=1S/C20H21Cl2NO2/c1-3-23-14-11-16(21)18(17(22)12-14)20(19(24)25-4-2)10-9-13-7-5-6-8-15(13)20/h5-8,11-12,23H,3-4,9-10H2,1-2H3. The Morgan fingerprint density at radius 3 is 2.52 bits per heavy atom. The van der Waals surface area contributed by atoms with Crippen LogP contribution >= 0.6 is 23.2 Å². The van der Waals surface area contributed by atoms with Crippen LogP contribution in [0.1, 0.15) is 37.0 Å². The van der Waals surface area contributed by atoms with Crippen molar-refractivity contribution >= 4 is 34.9 Å². The summed E-state index contributed by atoms with van der Waals surface area (Å²) in [6.45, 7) is 4.89. The van der Waals surface area contributed by atoms with Crippen molar-refractivity contribution in [2.75, 3.05) is 18.5 Å². The molecule has 0 saturated heterocycles. The van der Waals surface area contributed by atoms with Gasteiger partial charge < -0.3 is 10.1 Å². The van der Waals surface area contributed by atoms with Crippen molar-refractivity contribution < 1.29 is 9.53 Å². The van der Waals surface area contributed by atoms with Gasteiger partial charge in [0.15, 0.2) is 0 Å². The fraction of sp³-hybridized carbons (Fsp3) is 0.350. The summed E-state index contributed by atoms with van der Waals surface area (Å²) in [7, 11) is 0. The molecular formula is C20H21Cl2NO2. The van der Waals surface area contributed by atoms with Gasteiger partial charge in [-0.1, -0.05) is 47.5 Å². The third-order valence-electron chi connectivity index (χ3n) is 4.72. The smallest absolute Gasteiger partial charge is 0.321 e. The fourth-order valence-corrected chi connectivity index (χ4v) is 4.54. The van der Waals surface area contributed by atoms with Crippen LogP contribution in [0.3, 0.4) is 0 Å². The zero-order valence-electron chi connectivity index (χ0n) is 14.4. The van der Waals surface area contributed by atoms with E-state index in [0.29, 0.717) is 28.6 Å². The minimum atomic E-state index is -0.953. The number of carbonyl (C=O) groups excluding carboxylic acids is 1. The maximum atomic E-state index is 13.1. The Labute approximate surface area is 158 Å². The summed E-state index contributed by atoms with van der Waals surface area (Å²) in [4.78, 5) is 13.1. The molecule has 3 nitrogen and oxygen atoms in total. The Balaban J connectivity index is 2.23. The van der Waals surface area contributed by atoms with E-state index in [1.807, 2.05) is 50.2 Å². The lowest BCUT2D eigenvalue weighted by Crippen LogP contribution is -2.37. The van der Waals surface area contributed by atoms with Gasteiger partial charge in [-0.25, -0.2) is 0 Å². The minimum absolute atomic E-state index is 0.292. The molecule has 0 fully saturated rings. The first-order chi connectivity index (χ1) is 12.0. The summed E-state index contributed by atoms with van der Waals surface area (Å²) < 4.78 is 5.46. The van der Waals surface area contributed by atoms with Gasteiger partial charge in [0.1, 0.15) is 5.41 Å². The average molecular weight is 378 g/mol. The van der Waals surface area contributed by atoms with Gasteiger partial charge in [-0.3, -0.25) is 4.79 Å². The number of nitrogens with one attached hydrogen (secondary N) is 1. The Bertz CT molecular complexity index is 783. The number of carbonyl (C=O) groups is 1. The molecule has 0 aromatic heterocycles. The van der Waals surface area contributed by atoms with Crippen molar-refractivity contribution in [3.05, 3.63) is 63.1 Å². The molecule has 1 aliphatic carbocycles.